The standard InChI is InChI=1S/C20H27FN2O3/c1-20(2,3)26-19(25)23-13-9-10-14(23)12-15(11-13)22(4)18(24)16-7-5-6-8-17(16)21/h5-8,13-15H,9-12H2,1-4H3. The highest BCUT2D eigenvalue weighted by molar-refractivity contribution is 5.94. The molecular weight excluding hydrogens is 335 g/mol. The second-order valence-corrected chi connectivity index (χ2v) is 8.29. The smallest absolute Gasteiger partial charge is 0.410 e. The first-order chi connectivity index (χ1) is 12.2. The summed E-state index contributed by atoms with van der Waals surface area (Å²) in [6.07, 6.45) is 2.97. The van der Waals surface area contributed by atoms with E-state index in [1.165, 1.54) is 12.1 Å². The molecule has 2 atom stereocenters. The fraction of sp³-hybridized carbons (Fsp3) is 0.600. The Balaban J connectivity index is 1.70. The molecule has 0 N–H and O–H groups in total. The van der Waals surface area contributed by atoms with Gasteiger partial charge in [-0.25, -0.2) is 9.18 Å². The fourth-order valence-corrected chi connectivity index (χ4v) is 4.07. The summed E-state index contributed by atoms with van der Waals surface area (Å²) < 4.78 is 19.5. The monoisotopic (exact) mass is 362 g/mol. The molecule has 2 fully saturated rings. The summed E-state index contributed by atoms with van der Waals surface area (Å²) in [5.41, 5.74) is -0.428. The number of piperidine rings is 1. The average molecular weight is 362 g/mol. The van der Waals surface area contributed by atoms with Crippen LogP contribution in [0.4, 0.5) is 9.18 Å². The Kier molecular flexibility index (Phi) is 4.95. The van der Waals surface area contributed by atoms with E-state index in [0.29, 0.717) is 12.8 Å². The zero-order valence-corrected chi connectivity index (χ0v) is 15.9. The summed E-state index contributed by atoms with van der Waals surface area (Å²) in [7, 11) is 1.72. The van der Waals surface area contributed by atoms with Gasteiger partial charge in [0.2, 0.25) is 0 Å². The van der Waals surface area contributed by atoms with Crippen LogP contribution in [0.15, 0.2) is 24.3 Å². The molecule has 0 aliphatic carbocycles. The molecule has 5 nitrogen and oxygen atoms in total. The summed E-state index contributed by atoms with van der Waals surface area (Å²) in [6, 6.07) is 6.20. The quantitative estimate of drug-likeness (QED) is 0.803. The summed E-state index contributed by atoms with van der Waals surface area (Å²) >= 11 is 0. The van der Waals surface area contributed by atoms with Gasteiger partial charge in [-0.1, -0.05) is 12.1 Å². The van der Waals surface area contributed by atoms with Crippen molar-refractivity contribution in [3.63, 3.8) is 0 Å². The molecule has 2 saturated heterocycles. The lowest BCUT2D eigenvalue weighted by Crippen LogP contribution is -2.53. The highest BCUT2D eigenvalue weighted by atomic mass is 19.1. The van der Waals surface area contributed by atoms with Crippen molar-refractivity contribution in [2.75, 3.05) is 7.05 Å². The third kappa shape index (κ3) is 3.69. The van der Waals surface area contributed by atoms with Crippen molar-refractivity contribution in [3.05, 3.63) is 35.6 Å². The molecule has 26 heavy (non-hydrogen) atoms. The Labute approximate surface area is 154 Å². The number of fused-ring (bicyclic) bond motifs is 2. The molecule has 0 spiro atoms. The average Bonchev–Trinajstić information content (AvgIpc) is 2.83. The molecule has 2 bridgehead atoms. The molecule has 1 aromatic rings. The van der Waals surface area contributed by atoms with Crippen LogP contribution in [0.5, 0.6) is 0 Å². The summed E-state index contributed by atoms with van der Waals surface area (Å²) in [4.78, 5) is 28.7. The first-order valence-corrected chi connectivity index (χ1v) is 9.20. The molecule has 6 heteroatoms. The van der Waals surface area contributed by atoms with Crippen LogP contribution in [0.25, 0.3) is 0 Å². The van der Waals surface area contributed by atoms with Crippen LogP contribution in [0, 0.1) is 5.82 Å². The van der Waals surface area contributed by atoms with E-state index in [2.05, 4.69) is 0 Å². The first kappa shape index (κ1) is 18.7. The molecule has 0 saturated carbocycles. The number of halogens is 1. The Hall–Kier alpha value is -2.11. The summed E-state index contributed by atoms with van der Waals surface area (Å²) in [5, 5.41) is 0. The van der Waals surface area contributed by atoms with Crippen LogP contribution < -0.4 is 0 Å². The number of carbonyl (C=O) groups is 2. The minimum Gasteiger partial charge on any atom is -0.444 e. The van der Waals surface area contributed by atoms with Crippen LogP contribution in [0.1, 0.15) is 56.8 Å². The van der Waals surface area contributed by atoms with Gasteiger partial charge >= 0.3 is 6.09 Å². The van der Waals surface area contributed by atoms with E-state index < -0.39 is 11.4 Å². The largest absolute Gasteiger partial charge is 0.444 e. The molecule has 2 heterocycles. The summed E-state index contributed by atoms with van der Waals surface area (Å²) in [6.45, 7) is 5.58. The van der Waals surface area contributed by atoms with E-state index in [9.17, 15) is 14.0 Å². The lowest BCUT2D eigenvalue weighted by atomic mass is 9.96. The highest BCUT2D eigenvalue weighted by Gasteiger charge is 2.46. The molecule has 142 valence electrons. The molecular formula is C20H27FN2O3. The zero-order valence-electron chi connectivity index (χ0n) is 15.9. The maximum Gasteiger partial charge on any atom is 0.410 e. The normalized spacial score (nSPS) is 25.1. The van der Waals surface area contributed by atoms with Crippen LogP contribution in [0.3, 0.4) is 0 Å². The Morgan fingerprint density at radius 1 is 1.15 bits per heavy atom. The van der Waals surface area contributed by atoms with E-state index in [0.717, 1.165) is 12.8 Å². The van der Waals surface area contributed by atoms with Crippen molar-refractivity contribution < 1.29 is 18.7 Å². The van der Waals surface area contributed by atoms with Gasteiger partial charge in [-0.05, 0) is 58.6 Å². The zero-order chi connectivity index (χ0) is 19.1. The van der Waals surface area contributed by atoms with Gasteiger partial charge in [0.15, 0.2) is 0 Å². The van der Waals surface area contributed by atoms with Gasteiger partial charge < -0.3 is 14.5 Å². The number of rotatable bonds is 2. The Bertz CT molecular complexity index is 687. The van der Waals surface area contributed by atoms with Crippen LogP contribution in [0.2, 0.25) is 0 Å². The van der Waals surface area contributed by atoms with E-state index in [1.807, 2.05) is 25.7 Å². The second kappa shape index (κ2) is 6.89. The van der Waals surface area contributed by atoms with Gasteiger partial charge in [-0.3, -0.25) is 4.79 Å². The Morgan fingerprint density at radius 3 is 2.27 bits per heavy atom. The van der Waals surface area contributed by atoms with Crippen molar-refractivity contribution in [2.24, 2.45) is 0 Å². The van der Waals surface area contributed by atoms with E-state index in [-0.39, 0.29) is 35.7 Å². The van der Waals surface area contributed by atoms with Gasteiger partial charge in [0, 0.05) is 25.2 Å². The lowest BCUT2D eigenvalue weighted by Gasteiger charge is -2.42. The van der Waals surface area contributed by atoms with Gasteiger partial charge in [0.25, 0.3) is 5.91 Å². The number of carbonyl (C=O) groups excluding carboxylic acids is 2. The van der Waals surface area contributed by atoms with Crippen molar-refractivity contribution in [1.82, 2.24) is 9.80 Å². The molecule has 0 aromatic heterocycles. The number of ether oxygens (including phenoxy) is 1. The minimum absolute atomic E-state index is 0.00158. The van der Waals surface area contributed by atoms with Gasteiger partial charge in [0.05, 0.1) is 5.56 Å². The Morgan fingerprint density at radius 2 is 1.73 bits per heavy atom. The molecule has 2 aliphatic heterocycles. The number of hydrogen-bond acceptors (Lipinski definition) is 3. The number of nitrogens with zero attached hydrogens (tertiary/aromatic N) is 2. The van der Waals surface area contributed by atoms with Crippen molar-refractivity contribution in [3.8, 4) is 0 Å². The molecule has 2 amide bonds. The van der Waals surface area contributed by atoms with Crippen molar-refractivity contribution in [2.45, 2.75) is 70.2 Å². The molecule has 3 rings (SSSR count). The highest BCUT2D eigenvalue weighted by Crippen LogP contribution is 2.38. The molecule has 0 radical (unpaired) electrons. The number of hydrogen-bond donors (Lipinski definition) is 0. The maximum atomic E-state index is 13.9. The predicted molar refractivity (Wildman–Crippen MR) is 96.4 cm³/mol. The van der Waals surface area contributed by atoms with E-state index in [4.69, 9.17) is 4.74 Å². The van der Waals surface area contributed by atoms with Crippen molar-refractivity contribution >= 4 is 12.0 Å². The van der Waals surface area contributed by atoms with Crippen LogP contribution >= 0.6 is 0 Å². The number of benzene rings is 1. The predicted octanol–water partition coefficient (Wildman–Crippen LogP) is 3.83. The van der Waals surface area contributed by atoms with E-state index >= 15 is 0 Å². The fourth-order valence-electron chi connectivity index (χ4n) is 4.07. The first-order valence-electron chi connectivity index (χ1n) is 9.20. The van der Waals surface area contributed by atoms with Gasteiger partial charge in [-0.2, -0.15) is 0 Å². The molecule has 2 aliphatic rings. The third-order valence-corrected chi connectivity index (χ3v) is 5.28. The minimum atomic E-state index is -0.523. The van der Waals surface area contributed by atoms with Crippen molar-refractivity contribution in [1.29, 1.82) is 0 Å². The lowest BCUT2D eigenvalue weighted by molar-refractivity contribution is -0.00114. The SMILES string of the molecule is CN(C(=O)c1ccccc1F)C1CC2CCC(C1)N2C(=O)OC(C)(C)C. The van der Waals surface area contributed by atoms with E-state index in [1.54, 1.807) is 24.1 Å². The van der Waals surface area contributed by atoms with Crippen LogP contribution in [-0.2, 0) is 4.74 Å². The maximum absolute atomic E-state index is 13.9. The van der Waals surface area contributed by atoms with Crippen LogP contribution in [-0.4, -0.2) is 52.6 Å². The van der Waals surface area contributed by atoms with Gasteiger partial charge in [-0.15, -0.1) is 0 Å². The second-order valence-electron chi connectivity index (χ2n) is 8.29. The summed E-state index contributed by atoms with van der Waals surface area (Å²) in [5.74, 6) is -0.809. The topological polar surface area (TPSA) is 49.9 Å². The number of amides is 2. The molecule has 2 unspecified atom stereocenters. The third-order valence-electron chi connectivity index (χ3n) is 5.28. The molecule has 1 aromatic carbocycles. The van der Waals surface area contributed by atoms with Gasteiger partial charge in [0.1, 0.15) is 11.4 Å².